The summed E-state index contributed by atoms with van der Waals surface area (Å²) in [6, 6.07) is 8.05. The Morgan fingerprint density at radius 3 is 2.78 bits per heavy atom. The Morgan fingerprint density at radius 1 is 1.28 bits per heavy atom. The van der Waals surface area contributed by atoms with Crippen molar-refractivity contribution in [2.24, 2.45) is 13.0 Å². The van der Waals surface area contributed by atoms with Gasteiger partial charge in [0, 0.05) is 50.3 Å². The van der Waals surface area contributed by atoms with E-state index in [1.807, 2.05) is 24.3 Å². The van der Waals surface area contributed by atoms with Crippen molar-refractivity contribution in [3.63, 3.8) is 0 Å². The van der Waals surface area contributed by atoms with Crippen LogP contribution in [0.4, 0.5) is 11.5 Å². The Bertz CT molecular complexity index is 1220. The number of aliphatic hydroxyl groups excluding tert-OH is 1. The molecule has 0 radical (unpaired) electrons. The largest absolute Gasteiger partial charge is 0.612 e. The number of anilines is 2. The number of aryl methyl sites for hydroxylation is 1. The van der Waals surface area contributed by atoms with Crippen LogP contribution in [0.2, 0.25) is 0 Å². The van der Waals surface area contributed by atoms with Crippen molar-refractivity contribution in [3.8, 4) is 11.3 Å². The molecular weight excluding hydrogens is 426 g/mol. The van der Waals surface area contributed by atoms with Gasteiger partial charge in [-0.25, -0.2) is 9.97 Å². The average molecular weight is 454 g/mol. The van der Waals surface area contributed by atoms with Crippen LogP contribution in [0.15, 0.2) is 40.3 Å². The van der Waals surface area contributed by atoms with Gasteiger partial charge in [-0.3, -0.25) is 4.79 Å². The van der Waals surface area contributed by atoms with Crippen LogP contribution >= 0.6 is 0 Å². The van der Waals surface area contributed by atoms with Crippen LogP contribution in [0.5, 0.6) is 0 Å². The SMILES string of the molecule is Cn1cnc2cc(-c3ccc(N4CC[C@H](CO)C4)c([S+](C)[O-])c3)nc(NC3CC3)c2c1=O. The minimum atomic E-state index is -1.19. The van der Waals surface area contributed by atoms with Gasteiger partial charge in [0.05, 0.1) is 23.2 Å². The average Bonchev–Trinajstić information content (AvgIpc) is 3.47. The molecule has 2 atom stereocenters. The maximum Gasteiger partial charge on any atom is 0.264 e. The highest BCUT2D eigenvalue weighted by molar-refractivity contribution is 7.90. The van der Waals surface area contributed by atoms with Gasteiger partial charge in [0.2, 0.25) is 0 Å². The quantitative estimate of drug-likeness (QED) is 0.551. The molecule has 2 aromatic heterocycles. The third-order valence-corrected chi connectivity index (χ3v) is 7.22. The second kappa shape index (κ2) is 8.38. The van der Waals surface area contributed by atoms with Crippen molar-refractivity contribution in [1.82, 2.24) is 14.5 Å². The summed E-state index contributed by atoms with van der Waals surface area (Å²) in [6.45, 7) is 1.77. The normalized spacial score (nSPS) is 19.5. The zero-order valence-electron chi connectivity index (χ0n) is 18.2. The van der Waals surface area contributed by atoms with Crippen molar-refractivity contribution in [2.45, 2.75) is 30.2 Å². The minimum absolute atomic E-state index is 0.129. The molecule has 9 heteroatoms. The Hall–Kier alpha value is -2.62. The number of aliphatic hydroxyl groups is 1. The van der Waals surface area contributed by atoms with Crippen LogP contribution in [0.3, 0.4) is 0 Å². The molecule has 168 valence electrons. The molecule has 1 saturated carbocycles. The number of rotatable bonds is 6. The predicted octanol–water partition coefficient (Wildman–Crippen LogP) is 2.13. The van der Waals surface area contributed by atoms with E-state index in [4.69, 9.17) is 4.98 Å². The van der Waals surface area contributed by atoms with Gasteiger partial charge in [-0.2, -0.15) is 0 Å². The van der Waals surface area contributed by atoms with E-state index in [1.54, 1.807) is 13.3 Å². The van der Waals surface area contributed by atoms with Gasteiger partial charge in [0.25, 0.3) is 5.56 Å². The Balaban J connectivity index is 1.59. The zero-order chi connectivity index (χ0) is 22.4. The molecule has 2 aliphatic rings. The van der Waals surface area contributed by atoms with Gasteiger partial charge < -0.3 is 24.4 Å². The lowest BCUT2D eigenvalue weighted by Gasteiger charge is -2.22. The van der Waals surface area contributed by atoms with Crippen LogP contribution in [-0.2, 0) is 18.2 Å². The lowest BCUT2D eigenvalue weighted by molar-refractivity contribution is 0.238. The number of aromatic nitrogens is 3. The number of nitrogens with zero attached hydrogens (tertiary/aromatic N) is 4. The standard InChI is InChI=1S/C23H27N5O3S/c1-27-13-24-18-10-17(26-22(21(18)23(27)30)25-16-4-5-16)15-3-6-19(20(9-15)32(2)31)28-8-7-14(11-28)12-29/h3,6,9-10,13-14,16,29H,4-5,7-8,11-12H2,1-2H3,(H,25,26)/t14-,32?/m0/s1. The first-order valence-electron chi connectivity index (χ1n) is 10.9. The third-order valence-electron chi connectivity index (χ3n) is 6.27. The van der Waals surface area contributed by atoms with E-state index in [-0.39, 0.29) is 18.1 Å². The van der Waals surface area contributed by atoms with E-state index in [0.717, 1.165) is 48.5 Å². The summed E-state index contributed by atoms with van der Waals surface area (Å²) < 4.78 is 14.1. The highest BCUT2D eigenvalue weighted by Gasteiger charge is 2.27. The molecule has 1 aliphatic carbocycles. The van der Waals surface area contributed by atoms with Crippen molar-refractivity contribution >= 4 is 33.6 Å². The van der Waals surface area contributed by atoms with E-state index in [0.29, 0.717) is 28.5 Å². The van der Waals surface area contributed by atoms with Gasteiger partial charge in [0.1, 0.15) is 17.5 Å². The highest BCUT2D eigenvalue weighted by Crippen LogP contribution is 2.35. The van der Waals surface area contributed by atoms with E-state index in [2.05, 4.69) is 15.2 Å². The lowest BCUT2D eigenvalue weighted by atomic mass is 10.1. The first kappa shape index (κ1) is 21.2. The number of benzene rings is 1. The summed E-state index contributed by atoms with van der Waals surface area (Å²) in [4.78, 5) is 25.0. The first-order valence-corrected chi connectivity index (χ1v) is 12.5. The van der Waals surface area contributed by atoms with Crippen molar-refractivity contribution < 1.29 is 9.66 Å². The molecule has 0 spiro atoms. The van der Waals surface area contributed by atoms with E-state index < -0.39 is 11.2 Å². The molecule has 3 aromatic rings. The molecule has 1 unspecified atom stereocenters. The molecule has 1 saturated heterocycles. The molecule has 0 amide bonds. The Labute approximate surface area is 189 Å². The fourth-order valence-corrected chi connectivity index (χ4v) is 5.05. The molecule has 3 heterocycles. The first-order chi connectivity index (χ1) is 15.4. The number of hydrogen-bond donors (Lipinski definition) is 2. The van der Waals surface area contributed by atoms with Gasteiger partial charge in [0.15, 0.2) is 4.90 Å². The van der Waals surface area contributed by atoms with Crippen LogP contribution in [0.1, 0.15) is 19.3 Å². The number of hydrogen-bond acceptors (Lipinski definition) is 7. The molecule has 32 heavy (non-hydrogen) atoms. The maximum atomic E-state index is 12.8. The molecule has 0 bridgehead atoms. The second-order valence-electron chi connectivity index (χ2n) is 8.75. The topological polar surface area (TPSA) is 106 Å². The highest BCUT2D eigenvalue weighted by atomic mass is 32.2. The van der Waals surface area contributed by atoms with Crippen molar-refractivity contribution in [1.29, 1.82) is 0 Å². The number of fused-ring (bicyclic) bond motifs is 1. The smallest absolute Gasteiger partial charge is 0.264 e. The molecule has 5 rings (SSSR count). The Kier molecular flexibility index (Phi) is 5.56. The minimum Gasteiger partial charge on any atom is -0.612 e. The summed E-state index contributed by atoms with van der Waals surface area (Å²) in [5, 5.41) is 13.4. The summed E-state index contributed by atoms with van der Waals surface area (Å²) in [7, 11) is 1.69. The van der Waals surface area contributed by atoms with Crippen LogP contribution < -0.4 is 15.8 Å². The second-order valence-corrected chi connectivity index (χ2v) is 10.1. The molecule has 8 nitrogen and oxygen atoms in total. The summed E-state index contributed by atoms with van der Waals surface area (Å²) in [5.41, 5.74) is 2.93. The predicted molar refractivity (Wildman–Crippen MR) is 127 cm³/mol. The maximum absolute atomic E-state index is 12.8. The molecule has 1 aromatic carbocycles. The van der Waals surface area contributed by atoms with Crippen LogP contribution in [0.25, 0.3) is 22.2 Å². The number of nitrogens with one attached hydrogen (secondary N) is 1. The number of pyridine rings is 1. The molecule has 2 fully saturated rings. The van der Waals surface area contributed by atoms with E-state index >= 15 is 0 Å². The third kappa shape index (κ3) is 3.96. The molecule has 1 aliphatic heterocycles. The van der Waals surface area contributed by atoms with Gasteiger partial charge in [-0.05, 0) is 42.6 Å². The monoisotopic (exact) mass is 453 g/mol. The van der Waals surface area contributed by atoms with E-state index in [1.165, 1.54) is 10.9 Å². The fraction of sp³-hybridized carbons (Fsp3) is 0.435. The van der Waals surface area contributed by atoms with E-state index in [9.17, 15) is 14.5 Å². The van der Waals surface area contributed by atoms with Gasteiger partial charge >= 0.3 is 0 Å². The molecule has 2 N–H and O–H groups in total. The zero-order valence-corrected chi connectivity index (χ0v) is 19.1. The summed E-state index contributed by atoms with van der Waals surface area (Å²) >= 11 is -1.19. The summed E-state index contributed by atoms with van der Waals surface area (Å²) in [6.07, 6.45) is 6.26. The van der Waals surface area contributed by atoms with Gasteiger partial charge in [-0.1, -0.05) is 6.07 Å². The van der Waals surface area contributed by atoms with Crippen LogP contribution in [0, 0.1) is 5.92 Å². The summed E-state index contributed by atoms with van der Waals surface area (Å²) in [5.74, 6) is 0.807. The van der Waals surface area contributed by atoms with Crippen molar-refractivity contribution in [2.75, 3.05) is 36.2 Å². The Morgan fingerprint density at radius 2 is 2.09 bits per heavy atom. The molecular formula is C23H27N5O3S. The van der Waals surface area contributed by atoms with Crippen molar-refractivity contribution in [3.05, 3.63) is 40.9 Å². The fourth-order valence-electron chi connectivity index (χ4n) is 4.26. The van der Waals surface area contributed by atoms with Gasteiger partial charge in [-0.15, -0.1) is 0 Å². The van der Waals surface area contributed by atoms with Crippen LogP contribution in [-0.4, -0.2) is 56.2 Å². The lowest BCUT2D eigenvalue weighted by Crippen LogP contribution is -2.22.